The van der Waals surface area contributed by atoms with Crippen LogP contribution in [-0.4, -0.2) is 86.9 Å². The first-order valence-corrected chi connectivity index (χ1v) is 37.8. The Kier molecular flexibility index (Phi) is 72.9. The van der Waals surface area contributed by atoms with Gasteiger partial charge >= 0.3 is 83.0 Å². The van der Waals surface area contributed by atoms with Crippen LogP contribution in [0.2, 0.25) is 0 Å². The third-order valence-corrected chi connectivity index (χ3v) is 16.3. The Bertz CT molecular complexity index is 2130. The van der Waals surface area contributed by atoms with Gasteiger partial charge in [-0.2, -0.15) is 0 Å². The number of ether oxygens (including phenoxy) is 4. The van der Waals surface area contributed by atoms with Crippen LogP contribution in [0.3, 0.4) is 0 Å². The van der Waals surface area contributed by atoms with E-state index in [1.54, 1.807) is 0 Å². The third-order valence-electron chi connectivity index (χ3n) is 14.4. The molecule has 0 heterocycles. The summed E-state index contributed by atoms with van der Waals surface area (Å²) in [5.74, 6) is -2.17. The molecule has 524 valence electrons. The van der Waals surface area contributed by atoms with Crippen LogP contribution in [0, 0.1) is 0 Å². The van der Waals surface area contributed by atoms with E-state index in [2.05, 4.69) is 98.9 Å². The summed E-state index contributed by atoms with van der Waals surface area (Å²) in [5, 5.41) is 10.5. The first-order chi connectivity index (χ1) is 44.2. The molecule has 0 aromatic heterocycles. The van der Waals surface area contributed by atoms with Crippen LogP contribution in [0.5, 0.6) is 0 Å². The topological polar surface area (TPSA) is 243 Å². The van der Waals surface area contributed by atoms with Gasteiger partial charge < -0.3 is 51.9 Å². The molecule has 0 aliphatic rings. The summed E-state index contributed by atoms with van der Waals surface area (Å²) in [6.07, 6.45) is 63.4. The molecular formula is C72H122Na2O17P2. The smallest absolute Gasteiger partial charge is 0.756 e. The van der Waals surface area contributed by atoms with Gasteiger partial charge in [-0.25, -0.2) is 0 Å². The zero-order chi connectivity index (χ0) is 66.8. The molecule has 0 amide bonds. The normalized spacial score (nSPS) is 14.4. The van der Waals surface area contributed by atoms with Crippen molar-refractivity contribution in [3.05, 3.63) is 97.2 Å². The number of hydrogen-bond donors (Lipinski definition) is 1. The van der Waals surface area contributed by atoms with Gasteiger partial charge in [0.1, 0.15) is 25.4 Å². The number of rotatable bonds is 65. The predicted octanol–water partition coefficient (Wildman–Crippen LogP) is 12.0. The van der Waals surface area contributed by atoms with Gasteiger partial charge in [0.2, 0.25) is 0 Å². The van der Waals surface area contributed by atoms with Gasteiger partial charge in [0.15, 0.2) is 6.10 Å². The van der Waals surface area contributed by atoms with Crippen molar-refractivity contribution in [1.82, 2.24) is 0 Å². The van der Waals surface area contributed by atoms with Crippen molar-refractivity contribution in [1.29, 1.82) is 0 Å². The average molecular weight is 1370 g/mol. The minimum atomic E-state index is -5.22. The maximum Gasteiger partial charge on any atom is 1.00 e. The number of carbonyl (C=O) groups is 4. The molecule has 0 aliphatic carbocycles. The number of phosphoric acid groups is 2. The van der Waals surface area contributed by atoms with Crippen LogP contribution in [-0.2, 0) is 65.4 Å². The summed E-state index contributed by atoms with van der Waals surface area (Å²) in [6, 6.07) is 0. The fraction of sp³-hybridized carbons (Fsp3) is 0.722. The van der Waals surface area contributed by atoms with Crippen molar-refractivity contribution < 1.29 is 139 Å². The molecule has 1 N–H and O–H groups in total. The number of unbranched alkanes of at least 4 members (excludes halogenated alkanes) is 24. The first-order valence-electron chi connectivity index (χ1n) is 34.9. The molecule has 93 heavy (non-hydrogen) atoms. The van der Waals surface area contributed by atoms with Gasteiger partial charge in [0, 0.05) is 32.1 Å². The number of hydrogen-bond acceptors (Lipinski definition) is 17. The summed E-state index contributed by atoms with van der Waals surface area (Å²) >= 11 is 0. The molecular weight excluding hydrogens is 1240 g/mol. The van der Waals surface area contributed by atoms with E-state index in [1.807, 2.05) is 26.0 Å². The summed E-state index contributed by atoms with van der Waals surface area (Å²) in [7, 11) is -10.3. The van der Waals surface area contributed by atoms with E-state index in [-0.39, 0.29) is 97.8 Å². The molecule has 0 saturated heterocycles. The van der Waals surface area contributed by atoms with Gasteiger partial charge in [-0.3, -0.25) is 28.3 Å². The van der Waals surface area contributed by atoms with E-state index in [4.69, 9.17) is 37.0 Å². The van der Waals surface area contributed by atoms with Gasteiger partial charge in [0.05, 0.1) is 26.4 Å². The quantitative estimate of drug-likeness (QED) is 0.0149. The molecule has 5 unspecified atom stereocenters. The predicted molar refractivity (Wildman–Crippen MR) is 363 cm³/mol. The van der Waals surface area contributed by atoms with Crippen LogP contribution in [0.4, 0.5) is 0 Å². The van der Waals surface area contributed by atoms with Crippen molar-refractivity contribution in [3.8, 4) is 0 Å². The molecule has 21 heteroatoms. The van der Waals surface area contributed by atoms with E-state index in [9.17, 15) is 43.2 Å². The van der Waals surface area contributed by atoms with E-state index in [1.165, 1.54) is 51.4 Å². The zero-order valence-corrected chi connectivity index (χ0v) is 64.5. The van der Waals surface area contributed by atoms with Crippen molar-refractivity contribution in [3.63, 3.8) is 0 Å². The Morgan fingerprint density at radius 2 is 0.656 bits per heavy atom. The van der Waals surface area contributed by atoms with Crippen LogP contribution in [0.15, 0.2) is 97.2 Å². The number of esters is 4. The summed E-state index contributed by atoms with van der Waals surface area (Å²) in [6.45, 7) is 4.35. The Morgan fingerprint density at radius 3 is 1.01 bits per heavy atom. The molecule has 0 aromatic carbocycles. The van der Waals surface area contributed by atoms with Crippen LogP contribution >= 0.6 is 15.6 Å². The number of aliphatic hydroxyl groups is 1. The van der Waals surface area contributed by atoms with Crippen molar-refractivity contribution in [2.75, 3.05) is 39.6 Å². The molecule has 0 rings (SSSR count). The molecule has 5 atom stereocenters. The van der Waals surface area contributed by atoms with Crippen LogP contribution in [0.1, 0.15) is 278 Å². The first kappa shape index (κ1) is 95.2. The van der Waals surface area contributed by atoms with Gasteiger partial charge in [0.25, 0.3) is 15.6 Å². The zero-order valence-electron chi connectivity index (χ0n) is 58.7. The molecule has 0 aliphatic heterocycles. The molecule has 0 spiro atoms. The number of phosphoric ester groups is 2. The molecule has 0 fully saturated rings. The fourth-order valence-electron chi connectivity index (χ4n) is 9.04. The second kappa shape index (κ2) is 71.3. The standard InChI is InChI=1S/C72H124O17P2.2Na/c1-5-9-13-17-21-25-29-31-33-35-37-41-44-48-52-56-70(75)83-64-68(89-72(77)58-54-50-45-40-28-24-20-16-12-8-4)65-87-91(80,81)86-62-66(73)61-85-90(78,79)84-60-59-67(63-82-69(74)55-51-47-43-39-27-23-19-15-11-7-3)88-71(76)57-53-49-46-42-38-36-34-32-30-26-22-18-14-10-6-2;;/h7-8,11-12,19-20,23-26,29-30,33-36,66-68,73H,5-6,9-10,13-18,21-22,27-28,31-32,37-65H2,1-4H3,(H,78,79)(H,80,81);;/q;2*+1/p-2/b11-7-,12-8-,23-19-,24-20-,29-25-,30-26-,35-33-,36-34-;;. The van der Waals surface area contributed by atoms with Gasteiger partial charge in [-0.1, -0.05) is 201 Å². The molecule has 0 radical (unpaired) electrons. The maximum absolute atomic E-state index is 12.9. The number of carbonyl (C=O) groups excluding carboxylic acids is 4. The van der Waals surface area contributed by atoms with Crippen LogP contribution in [0.25, 0.3) is 0 Å². The summed E-state index contributed by atoms with van der Waals surface area (Å²) in [5.41, 5.74) is 0. The second-order valence-electron chi connectivity index (χ2n) is 23.1. The Hall–Kier alpha value is -2.02. The monoisotopic (exact) mass is 1370 g/mol. The summed E-state index contributed by atoms with van der Waals surface area (Å²) < 4.78 is 67.2. The van der Waals surface area contributed by atoms with E-state index < -0.39 is 90.9 Å². The van der Waals surface area contributed by atoms with E-state index >= 15 is 0 Å². The third kappa shape index (κ3) is 71.1. The SMILES string of the molecule is C/C=C\C/C=C\CCCCCCC(=O)OCC(CCOP(=O)([O-])OCC(O)COP(=O)([O-])OCC(COC(=O)CCCCCC/C=C\C/C=C\CCCCCC)OC(=O)CCCCCC/C=C\C/C=C\C)OC(=O)CCCCCC/C=C\C/C=C\CCCCCC.[Na+].[Na+]. The van der Waals surface area contributed by atoms with Crippen molar-refractivity contribution >= 4 is 39.5 Å². The minimum absolute atomic E-state index is 0. The van der Waals surface area contributed by atoms with E-state index in [0.29, 0.717) is 25.7 Å². The largest absolute Gasteiger partial charge is 1.00 e. The van der Waals surface area contributed by atoms with Crippen molar-refractivity contribution in [2.24, 2.45) is 0 Å². The maximum atomic E-state index is 12.9. The molecule has 17 nitrogen and oxygen atoms in total. The number of aliphatic hydroxyl groups excluding tert-OH is 1. The Labute approximate surface area is 607 Å². The van der Waals surface area contributed by atoms with Gasteiger partial charge in [-0.05, 0) is 142 Å². The van der Waals surface area contributed by atoms with Gasteiger partial charge in [-0.15, -0.1) is 0 Å². The minimum Gasteiger partial charge on any atom is -0.756 e. The molecule has 0 saturated carbocycles. The average Bonchev–Trinajstić information content (AvgIpc) is 2.95. The van der Waals surface area contributed by atoms with Crippen molar-refractivity contribution in [2.45, 2.75) is 296 Å². The Morgan fingerprint density at radius 1 is 0.366 bits per heavy atom. The number of allylic oxidation sites excluding steroid dienone is 16. The molecule has 0 bridgehead atoms. The van der Waals surface area contributed by atoms with Crippen LogP contribution < -0.4 is 68.9 Å². The second-order valence-corrected chi connectivity index (χ2v) is 25.9. The Balaban J connectivity index is -0.0000405. The molecule has 0 aromatic rings. The summed E-state index contributed by atoms with van der Waals surface area (Å²) in [4.78, 5) is 76.8. The van der Waals surface area contributed by atoms with E-state index in [0.717, 1.165) is 141 Å². The fourth-order valence-corrected chi connectivity index (χ4v) is 10.6.